The zero-order valence-electron chi connectivity index (χ0n) is 10.3. The molecule has 1 N–H and O–H groups in total. The van der Waals surface area contributed by atoms with Crippen LogP contribution in [-0.2, 0) is 10.0 Å². The molecule has 0 bridgehead atoms. The molecular formula is C13H7Cl3N2O2S. The molecule has 0 saturated heterocycles. The quantitative estimate of drug-likeness (QED) is 0.885. The van der Waals surface area contributed by atoms with Gasteiger partial charge in [0.05, 0.1) is 27.2 Å². The Balaban J connectivity index is 2.44. The molecule has 4 nitrogen and oxygen atoms in total. The number of benzene rings is 2. The molecule has 8 heteroatoms. The monoisotopic (exact) mass is 360 g/mol. The summed E-state index contributed by atoms with van der Waals surface area (Å²) in [5.74, 6) is 0. The van der Waals surface area contributed by atoms with Crippen LogP contribution < -0.4 is 4.72 Å². The Bertz CT molecular complexity index is 825. The van der Waals surface area contributed by atoms with Crippen LogP contribution in [0.2, 0.25) is 15.1 Å². The van der Waals surface area contributed by atoms with Crippen molar-refractivity contribution in [3.05, 3.63) is 57.0 Å². The summed E-state index contributed by atoms with van der Waals surface area (Å²) in [4.78, 5) is -0.0987. The predicted molar refractivity (Wildman–Crippen MR) is 83.4 cm³/mol. The average molecular weight is 362 g/mol. The van der Waals surface area contributed by atoms with Gasteiger partial charge in [0.2, 0.25) is 0 Å². The molecule has 0 saturated carbocycles. The zero-order chi connectivity index (χ0) is 15.6. The van der Waals surface area contributed by atoms with E-state index in [1.54, 1.807) is 0 Å². The van der Waals surface area contributed by atoms with E-state index in [2.05, 4.69) is 4.72 Å². The van der Waals surface area contributed by atoms with Crippen LogP contribution in [0.15, 0.2) is 41.3 Å². The first kappa shape index (κ1) is 15.9. The second kappa shape index (κ2) is 6.12. The van der Waals surface area contributed by atoms with Gasteiger partial charge in [-0.3, -0.25) is 4.72 Å². The number of hydrogen-bond donors (Lipinski definition) is 1. The van der Waals surface area contributed by atoms with Crippen molar-refractivity contribution in [3.63, 3.8) is 0 Å². The number of rotatable bonds is 3. The van der Waals surface area contributed by atoms with Crippen LogP contribution in [0.5, 0.6) is 0 Å². The number of nitrogens with one attached hydrogen (secondary N) is 1. The number of hydrogen-bond acceptors (Lipinski definition) is 3. The van der Waals surface area contributed by atoms with E-state index in [9.17, 15) is 8.42 Å². The molecule has 0 atom stereocenters. The number of nitrogens with zero attached hydrogens (tertiary/aromatic N) is 1. The molecule has 0 amide bonds. The minimum atomic E-state index is -3.92. The fourth-order valence-electron chi connectivity index (χ4n) is 1.56. The Labute approximate surface area is 136 Å². The van der Waals surface area contributed by atoms with Gasteiger partial charge in [-0.15, -0.1) is 0 Å². The molecule has 2 rings (SSSR count). The van der Waals surface area contributed by atoms with Crippen LogP contribution >= 0.6 is 34.8 Å². The first-order valence-electron chi connectivity index (χ1n) is 5.50. The van der Waals surface area contributed by atoms with E-state index in [4.69, 9.17) is 40.1 Å². The minimum Gasteiger partial charge on any atom is -0.278 e. The van der Waals surface area contributed by atoms with Gasteiger partial charge in [0.15, 0.2) is 0 Å². The maximum absolute atomic E-state index is 12.3. The average Bonchev–Trinajstić information content (AvgIpc) is 2.40. The van der Waals surface area contributed by atoms with Crippen molar-refractivity contribution in [1.82, 2.24) is 0 Å². The largest absolute Gasteiger partial charge is 0.278 e. The van der Waals surface area contributed by atoms with Crippen molar-refractivity contribution >= 4 is 50.5 Å². The Hall–Kier alpha value is -1.45. The Morgan fingerprint density at radius 1 is 1.00 bits per heavy atom. The van der Waals surface area contributed by atoms with Gasteiger partial charge in [0.1, 0.15) is 0 Å². The highest BCUT2D eigenvalue weighted by Gasteiger charge is 2.17. The van der Waals surface area contributed by atoms with Crippen LogP contribution in [0.3, 0.4) is 0 Å². The Kier molecular flexibility index (Phi) is 4.64. The summed E-state index contributed by atoms with van der Waals surface area (Å²) in [6.07, 6.45) is 0. The minimum absolute atomic E-state index is 0.0987. The molecule has 2 aromatic carbocycles. The van der Waals surface area contributed by atoms with Gasteiger partial charge in [-0.05, 0) is 36.4 Å². The summed E-state index contributed by atoms with van der Waals surface area (Å²) in [5.41, 5.74) is 0.382. The third-order valence-electron chi connectivity index (χ3n) is 2.49. The van der Waals surface area contributed by atoms with Gasteiger partial charge in [-0.25, -0.2) is 8.42 Å². The standard InChI is InChI=1S/C13H7Cl3N2O2S/c14-9-4-10(15)6-11(5-9)21(19,20)18-13-3-8(7-17)1-2-12(13)16/h1-6,18H. The zero-order valence-corrected chi connectivity index (χ0v) is 13.4. The number of sulfonamides is 1. The van der Waals surface area contributed by atoms with Crippen LogP contribution in [0.4, 0.5) is 5.69 Å². The molecule has 0 heterocycles. The lowest BCUT2D eigenvalue weighted by atomic mass is 10.2. The molecule has 21 heavy (non-hydrogen) atoms. The highest BCUT2D eigenvalue weighted by molar-refractivity contribution is 7.92. The van der Waals surface area contributed by atoms with Crippen LogP contribution in [0.1, 0.15) is 5.56 Å². The van der Waals surface area contributed by atoms with Gasteiger partial charge in [0, 0.05) is 10.0 Å². The van der Waals surface area contributed by atoms with E-state index < -0.39 is 10.0 Å². The lowest BCUT2D eigenvalue weighted by Crippen LogP contribution is -2.13. The summed E-state index contributed by atoms with van der Waals surface area (Å²) in [7, 11) is -3.92. The van der Waals surface area contributed by atoms with Crippen LogP contribution in [0, 0.1) is 11.3 Å². The van der Waals surface area contributed by atoms with Gasteiger partial charge < -0.3 is 0 Å². The van der Waals surface area contributed by atoms with E-state index in [0.717, 1.165) is 0 Å². The molecule has 0 spiro atoms. The first-order valence-corrected chi connectivity index (χ1v) is 8.12. The summed E-state index contributed by atoms with van der Waals surface area (Å²) < 4.78 is 26.9. The summed E-state index contributed by atoms with van der Waals surface area (Å²) in [6, 6.07) is 10.1. The predicted octanol–water partition coefficient (Wildman–Crippen LogP) is 4.32. The topological polar surface area (TPSA) is 70.0 Å². The van der Waals surface area contributed by atoms with E-state index in [1.807, 2.05) is 6.07 Å². The molecule has 0 fully saturated rings. The number of halogens is 3. The van der Waals surface area contributed by atoms with E-state index in [0.29, 0.717) is 0 Å². The fourth-order valence-corrected chi connectivity index (χ4v) is 3.58. The molecule has 0 aliphatic rings. The van der Waals surface area contributed by atoms with E-state index >= 15 is 0 Å². The van der Waals surface area contributed by atoms with Crippen LogP contribution in [0.25, 0.3) is 0 Å². The maximum Gasteiger partial charge on any atom is 0.262 e. The van der Waals surface area contributed by atoms with Gasteiger partial charge in [0.25, 0.3) is 10.0 Å². The SMILES string of the molecule is N#Cc1ccc(Cl)c(NS(=O)(=O)c2cc(Cl)cc(Cl)c2)c1. The molecule has 0 unspecified atom stereocenters. The third kappa shape index (κ3) is 3.80. The van der Waals surface area contributed by atoms with Crippen LogP contribution in [-0.4, -0.2) is 8.42 Å². The molecule has 0 aliphatic carbocycles. The number of nitriles is 1. The highest BCUT2D eigenvalue weighted by Crippen LogP contribution is 2.28. The second-order valence-electron chi connectivity index (χ2n) is 4.02. The van der Waals surface area contributed by atoms with Crippen molar-refractivity contribution in [2.45, 2.75) is 4.90 Å². The molecular weight excluding hydrogens is 355 g/mol. The van der Waals surface area contributed by atoms with Gasteiger partial charge in [-0.2, -0.15) is 5.26 Å². The Morgan fingerprint density at radius 2 is 1.62 bits per heavy atom. The normalized spacial score (nSPS) is 11.0. The molecule has 2 aromatic rings. The highest BCUT2D eigenvalue weighted by atomic mass is 35.5. The smallest absolute Gasteiger partial charge is 0.262 e. The maximum atomic E-state index is 12.3. The third-order valence-corrected chi connectivity index (χ3v) is 4.60. The van der Waals surface area contributed by atoms with Crippen molar-refractivity contribution < 1.29 is 8.42 Å². The lowest BCUT2D eigenvalue weighted by Gasteiger charge is -2.10. The van der Waals surface area contributed by atoms with Crippen molar-refractivity contribution in [2.24, 2.45) is 0 Å². The summed E-state index contributed by atoms with van der Waals surface area (Å²) in [6.45, 7) is 0. The van der Waals surface area contributed by atoms with Gasteiger partial charge in [-0.1, -0.05) is 34.8 Å². The van der Waals surface area contributed by atoms with Crippen molar-refractivity contribution in [3.8, 4) is 6.07 Å². The second-order valence-corrected chi connectivity index (χ2v) is 6.98. The summed E-state index contributed by atoms with van der Waals surface area (Å²) in [5, 5.41) is 9.40. The summed E-state index contributed by atoms with van der Waals surface area (Å²) >= 11 is 17.5. The van der Waals surface area contributed by atoms with E-state index in [1.165, 1.54) is 36.4 Å². The Morgan fingerprint density at radius 3 is 2.19 bits per heavy atom. The van der Waals surface area contributed by atoms with Gasteiger partial charge >= 0.3 is 0 Å². The molecule has 0 aliphatic heterocycles. The number of anilines is 1. The molecule has 0 radical (unpaired) electrons. The van der Waals surface area contributed by atoms with Crippen molar-refractivity contribution in [1.29, 1.82) is 5.26 Å². The molecule has 0 aromatic heterocycles. The first-order chi connectivity index (χ1) is 9.81. The van der Waals surface area contributed by atoms with Crippen molar-refractivity contribution in [2.75, 3.05) is 4.72 Å². The lowest BCUT2D eigenvalue weighted by molar-refractivity contribution is 0.601. The fraction of sp³-hybridized carbons (Fsp3) is 0. The van der Waals surface area contributed by atoms with E-state index in [-0.39, 0.29) is 31.2 Å². The molecule has 108 valence electrons.